The summed E-state index contributed by atoms with van der Waals surface area (Å²) in [6.07, 6.45) is -1.70. The molecule has 33 heavy (non-hydrogen) atoms. The average Bonchev–Trinajstić information content (AvgIpc) is 3.47. The van der Waals surface area contributed by atoms with Crippen LogP contribution in [0.2, 0.25) is 0 Å². The van der Waals surface area contributed by atoms with Crippen LogP contribution in [-0.2, 0) is 9.59 Å². The number of carbonyl (C=O) groups is 2. The van der Waals surface area contributed by atoms with E-state index >= 15 is 0 Å². The number of likely N-dealkylation sites (tertiary alicyclic amines) is 1. The summed E-state index contributed by atoms with van der Waals surface area (Å²) in [6.45, 7) is -1.75. The molecular weight excluding hydrogens is 449 g/mol. The smallest absolute Gasteiger partial charge is 0.411 e. The minimum Gasteiger partial charge on any atom is -0.435 e. The Kier molecular flexibility index (Phi) is 6.28. The van der Waals surface area contributed by atoms with Crippen LogP contribution in [0, 0.1) is 11.3 Å². The quantitative estimate of drug-likeness (QED) is 0.587. The van der Waals surface area contributed by atoms with Crippen LogP contribution in [-0.4, -0.2) is 54.7 Å². The minimum absolute atomic E-state index is 0.0105. The van der Waals surface area contributed by atoms with E-state index in [1.54, 1.807) is 6.07 Å². The molecule has 1 aromatic rings. The molecule has 1 aliphatic heterocycles. The first-order chi connectivity index (χ1) is 15.5. The van der Waals surface area contributed by atoms with Crippen LogP contribution >= 0.6 is 0 Å². The molecule has 182 valence electrons. The third-order valence-electron chi connectivity index (χ3n) is 6.90. The predicted octanol–water partition coefficient (Wildman–Crippen LogP) is 3.93. The molecule has 0 atom stereocenters. The summed E-state index contributed by atoms with van der Waals surface area (Å²) in [5, 5.41) is 4.89. The summed E-state index contributed by atoms with van der Waals surface area (Å²) in [7, 11) is 0. The molecule has 2 saturated carbocycles. The van der Waals surface area contributed by atoms with E-state index in [0.717, 1.165) is 12.8 Å². The van der Waals surface area contributed by atoms with Crippen LogP contribution in [0.4, 0.5) is 27.6 Å². The Labute approximate surface area is 187 Å². The van der Waals surface area contributed by atoms with Crippen LogP contribution in [0.1, 0.15) is 38.5 Å². The molecule has 0 radical (unpaired) electrons. The van der Waals surface area contributed by atoms with Gasteiger partial charge in [0, 0.05) is 30.8 Å². The Balaban J connectivity index is 1.20. The first kappa shape index (κ1) is 23.7. The number of amides is 2. The summed E-state index contributed by atoms with van der Waals surface area (Å²) < 4.78 is 68.0. The number of benzene rings is 1. The van der Waals surface area contributed by atoms with Crippen molar-refractivity contribution < 1.29 is 36.3 Å². The van der Waals surface area contributed by atoms with Crippen molar-refractivity contribution in [1.82, 2.24) is 10.2 Å². The van der Waals surface area contributed by atoms with E-state index in [9.17, 15) is 31.5 Å². The van der Waals surface area contributed by atoms with Gasteiger partial charge in [-0.1, -0.05) is 6.07 Å². The zero-order valence-electron chi connectivity index (χ0n) is 17.9. The van der Waals surface area contributed by atoms with Crippen molar-refractivity contribution in [3.63, 3.8) is 0 Å². The lowest BCUT2D eigenvalue weighted by Gasteiger charge is -2.53. The molecule has 0 aromatic heterocycles. The monoisotopic (exact) mass is 475 g/mol. The fourth-order valence-electron chi connectivity index (χ4n) is 4.93. The third-order valence-corrected chi connectivity index (χ3v) is 6.90. The molecule has 4 rings (SSSR count). The molecule has 3 aliphatic rings. The maximum absolute atomic E-state index is 13.0. The largest absolute Gasteiger partial charge is 0.435 e. The number of nitrogens with zero attached hydrogens (tertiary/aromatic N) is 1. The van der Waals surface area contributed by atoms with Crippen molar-refractivity contribution in [2.45, 2.75) is 56.9 Å². The first-order valence-corrected chi connectivity index (χ1v) is 11.0. The second kappa shape index (κ2) is 8.73. The molecular formula is C22H26F5N3O3. The fourth-order valence-corrected chi connectivity index (χ4v) is 4.93. The van der Waals surface area contributed by atoms with Gasteiger partial charge in [0.25, 0.3) is 0 Å². The number of rotatable bonds is 7. The van der Waals surface area contributed by atoms with Crippen molar-refractivity contribution >= 4 is 17.5 Å². The lowest BCUT2D eigenvalue weighted by molar-refractivity contribution is -0.171. The molecule has 0 unspecified atom stereocenters. The fraction of sp³-hybridized carbons (Fsp3) is 0.636. The van der Waals surface area contributed by atoms with Gasteiger partial charge in [-0.3, -0.25) is 14.5 Å². The number of nitrogens with one attached hydrogen (secondary N) is 2. The van der Waals surface area contributed by atoms with E-state index in [1.165, 1.54) is 18.2 Å². The number of halogens is 5. The molecule has 1 saturated heterocycles. The molecule has 2 N–H and O–H groups in total. The average molecular weight is 475 g/mol. The summed E-state index contributed by atoms with van der Waals surface area (Å²) in [5.74, 6) is -1.04. The molecule has 3 fully saturated rings. The van der Waals surface area contributed by atoms with Crippen LogP contribution in [0.5, 0.6) is 5.75 Å². The van der Waals surface area contributed by atoms with Crippen molar-refractivity contribution in [1.29, 1.82) is 0 Å². The number of hydrogen-bond donors (Lipinski definition) is 2. The van der Waals surface area contributed by atoms with Gasteiger partial charge in [0.15, 0.2) is 0 Å². The van der Waals surface area contributed by atoms with Gasteiger partial charge in [-0.15, -0.1) is 0 Å². The highest BCUT2D eigenvalue weighted by molar-refractivity contribution is 5.92. The second-order valence-corrected chi connectivity index (χ2v) is 9.44. The Morgan fingerprint density at radius 1 is 1.12 bits per heavy atom. The van der Waals surface area contributed by atoms with Crippen LogP contribution in [0.15, 0.2) is 24.3 Å². The van der Waals surface area contributed by atoms with E-state index in [-0.39, 0.29) is 42.4 Å². The molecule has 2 aliphatic carbocycles. The molecule has 1 spiro atoms. The lowest BCUT2D eigenvalue weighted by atomic mass is 9.65. The Bertz CT molecular complexity index is 888. The van der Waals surface area contributed by atoms with Gasteiger partial charge in [0.1, 0.15) is 11.3 Å². The predicted molar refractivity (Wildman–Crippen MR) is 109 cm³/mol. The van der Waals surface area contributed by atoms with Crippen molar-refractivity contribution in [2.24, 2.45) is 11.3 Å². The minimum atomic E-state index is -4.42. The van der Waals surface area contributed by atoms with E-state index in [1.807, 2.05) is 4.90 Å². The van der Waals surface area contributed by atoms with Crippen molar-refractivity contribution in [3.8, 4) is 5.75 Å². The second-order valence-electron chi connectivity index (χ2n) is 9.44. The number of hydrogen-bond acceptors (Lipinski definition) is 4. The highest BCUT2D eigenvalue weighted by Gasteiger charge is 2.64. The van der Waals surface area contributed by atoms with Crippen molar-refractivity contribution in [3.05, 3.63) is 24.3 Å². The molecule has 6 nitrogen and oxygen atoms in total. The molecule has 2 amide bonds. The third kappa shape index (κ3) is 5.39. The van der Waals surface area contributed by atoms with E-state index in [0.29, 0.717) is 31.6 Å². The van der Waals surface area contributed by atoms with Crippen LogP contribution in [0.3, 0.4) is 0 Å². The summed E-state index contributed by atoms with van der Waals surface area (Å²) in [6, 6.07) is 5.83. The maximum Gasteiger partial charge on any atom is 0.411 e. The van der Waals surface area contributed by atoms with E-state index in [2.05, 4.69) is 15.4 Å². The standard InChI is InChI=1S/C22H26F5N3O3/c23-19(24)33-16-3-1-2-15(10-16)28-18(32)14-4-6-20(7-5-14)12-30(13-20)11-17(31)29-21(8-9-21)22(25,26)27/h1-3,10,14,19H,4-9,11-13H2,(H,28,32)(H,29,31). The Hall–Kier alpha value is -2.43. The van der Waals surface area contributed by atoms with Gasteiger partial charge in [0.2, 0.25) is 11.8 Å². The maximum atomic E-state index is 13.0. The SMILES string of the molecule is O=C(CN1CC2(CCC(C(=O)Nc3cccc(OC(F)F)c3)CC2)C1)NC1(C(F)(F)F)CC1. The van der Waals surface area contributed by atoms with E-state index in [4.69, 9.17) is 0 Å². The Morgan fingerprint density at radius 3 is 2.36 bits per heavy atom. The molecule has 0 bridgehead atoms. The highest BCUT2D eigenvalue weighted by Crippen LogP contribution is 2.49. The Morgan fingerprint density at radius 2 is 1.79 bits per heavy atom. The number of ether oxygens (including phenoxy) is 1. The summed E-state index contributed by atoms with van der Waals surface area (Å²) in [4.78, 5) is 26.5. The van der Waals surface area contributed by atoms with Crippen molar-refractivity contribution in [2.75, 3.05) is 25.0 Å². The van der Waals surface area contributed by atoms with Gasteiger partial charge in [-0.05, 0) is 56.1 Å². The van der Waals surface area contributed by atoms with Gasteiger partial charge in [-0.2, -0.15) is 22.0 Å². The molecule has 1 heterocycles. The lowest BCUT2D eigenvalue weighted by Crippen LogP contribution is -2.61. The van der Waals surface area contributed by atoms with Crippen LogP contribution < -0.4 is 15.4 Å². The van der Waals surface area contributed by atoms with Gasteiger partial charge >= 0.3 is 12.8 Å². The first-order valence-electron chi connectivity index (χ1n) is 11.0. The number of alkyl halides is 5. The highest BCUT2D eigenvalue weighted by atomic mass is 19.4. The normalized spacial score (nSPS) is 22.0. The number of carbonyl (C=O) groups excluding carboxylic acids is 2. The van der Waals surface area contributed by atoms with Gasteiger partial charge in [0.05, 0.1) is 6.54 Å². The van der Waals surface area contributed by atoms with E-state index < -0.39 is 24.2 Å². The van der Waals surface area contributed by atoms with Gasteiger partial charge in [-0.25, -0.2) is 0 Å². The van der Waals surface area contributed by atoms with Gasteiger partial charge < -0.3 is 15.4 Å². The van der Waals surface area contributed by atoms with Crippen LogP contribution in [0.25, 0.3) is 0 Å². The summed E-state index contributed by atoms with van der Waals surface area (Å²) in [5.41, 5.74) is -1.67. The zero-order chi connectivity index (χ0) is 23.9. The zero-order valence-corrected chi connectivity index (χ0v) is 17.9. The molecule has 11 heteroatoms. The summed E-state index contributed by atoms with van der Waals surface area (Å²) >= 11 is 0. The number of anilines is 1. The topological polar surface area (TPSA) is 70.7 Å². The molecule has 1 aromatic carbocycles.